The number of amides is 1. The summed E-state index contributed by atoms with van der Waals surface area (Å²) in [6.07, 6.45) is 0. The zero-order chi connectivity index (χ0) is 18.9. The molecule has 0 bridgehead atoms. The zero-order valence-corrected chi connectivity index (χ0v) is 14.9. The number of nitrogens with one attached hydrogen (secondary N) is 1. The van der Waals surface area contributed by atoms with Crippen LogP contribution in [0.3, 0.4) is 0 Å². The molecule has 2 aromatic carbocycles. The van der Waals surface area contributed by atoms with Gasteiger partial charge in [0.1, 0.15) is 5.75 Å². The monoisotopic (exact) mass is 359 g/mol. The summed E-state index contributed by atoms with van der Waals surface area (Å²) in [4.78, 5) is 24.0. The molecule has 0 aromatic heterocycles. The molecule has 0 aliphatic rings. The maximum atomic E-state index is 12.1. The number of rotatable bonds is 8. The molecule has 138 valence electrons. The third-order valence-electron chi connectivity index (χ3n) is 3.40. The third kappa shape index (κ3) is 5.14. The Balaban J connectivity index is 1.89. The molecule has 2 aromatic rings. The molecule has 0 radical (unpaired) electrons. The van der Waals surface area contributed by atoms with Crippen LogP contribution in [0.1, 0.15) is 17.3 Å². The molecule has 0 atom stereocenters. The van der Waals surface area contributed by atoms with E-state index < -0.39 is 18.5 Å². The van der Waals surface area contributed by atoms with E-state index in [1.165, 1.54) is 26.4 Å². The van der Waals surface area contributed by atoms with E-state index >= 15 is 0 Å². The Bertz CT molecular complexity index is 757. The van der Waals surface area contributed by atoms with Crippen LogP contribution in [-0.2, 0) is 9.53 Å². The van der Waals surface area contributed by atoms with Crippen molar-refractivity contribution in [2.24, 2.45) is 0 Å². The van der Waals surface area contributed by atoms with Gasteiger partial charge >= 0.3 is 5.97 Å². The Morgan fingerprint density at radius 2 is 1.65 bits per heavy atom. The SMILES string of the molecule is CCOc1ccc(NC(=O)COC(=O)c2ccc(OC)c(OC)c2)cc1. The van der Waals surface area contributed by atoms with E-state index in [4.69, 9.17) is 18.9 Å². The number of hydrogen-bond acceptors (Lipinski definition) is 6. The van der Waals surface area contributed by atoms with Crippen LogP contribution in [0.5, 0.6) is 17.2 Å². The Hall–Kier alpha value is -3.22. The van der Waals surface area contributed by atoms with Crippen LogP contribution in [0.4, 0.5) is 5.69 Å². The van der Waals surface area contributed by atoms with Crippen molar-refractivity contribution >= 4 is 17.6 Å². The number of anilines is 1. The molecule has 0 spiro atoms. The van der Waals surface area contributed by atoms with Crippen molar-refractivity contribution in [1.29, 1.82) is 0 Å². The lowest BCUT2D eigenvalue weighted by Gasteiger charge is -2.10. The summed E-state index contributed by atoms with van der Waals surface area (Å²) in [6.45, 7) is 2.06. The van der Waals surface area contributed by atoms with Crippen LogP contribution in [0.2, 0.25) is 0 Å². The molecular formula is C19H21NO6. The predicted octanol–water partition coefficient (Wildman–Crippen LogP) is 2.90. The summed E-state index contributed by atoms with van der Waals surface area (Å²) < 4.78 is 20.6. The van der Waals surface area contributed by atoms with Crippen molar-refractivity contribution < 1.29 is 28.5 Å². The second-order valence-corrected chi connectivity index (χ2v) is 5.15. The number of esters is 1. The van der Waals surface area contributed by atoms with E-state index in [0.29, 0.717) is 29.5 Å². The highest BCUT2D eigenvalue weighted by atomic mass is 16.5. The first kappa shape index (κ1) is 19.1. The van der Waals surface area contributed by atoms with Crippen molar-refractivity contribution in [3.63, 3.8) is 0 Å². The molecular weight excluding hydrogens is 338 g/mol. The molecule has 0 unspecified atom stereocenters. The van der Waals surface area contributed by atoms with Crippen molar-refractivity contribution in [3.8, 4) is 17.2 Å². The second kappa shape index (κ2) is 9.31. The Morgan fingerprint density at radius 1 is 0.962 bits per heavy atom. The molecule has 0 fully saturated rings. The minimum Gasteiger partial charge on any atom is -0.494 e. The van der Waals surface area contributed by atoms with Gasteiger partial charge in [-0.25, -0.2) is 4.79 Å². The first-order chi connectivity index (χ1) is 12.6. The van der Waals surface area contributed by atoms with Gasteiger partial charge in [0.15, 0.2) is 18.1 Å². The normalized spacial score (nSPS) is 9.96. The molecule has 0 aliphatic carbocycles. The summed E-state index contributed by atoms with van der Waals surface area (Å²) in [7, 11) is 2.97. The molecule has 1 amide bonds. The van der Waals surface area contributed by atoms with Crippen molar-refractivity contribution in [2.45, 2.75) is 6.92 Å². The molecule has 0 aliphatic heterocycles. The van der Waals surface area contributed by atoms with E-state index in [1.54, 1.807) is 30.3 Å². The zero-order valence-electron chi connectivity index (χ0n) is 14.9. The van der Waals surface area contributed by atoms with E-state index in [0.717, 1.165) is 0 Å². The number of ether oxygens (including phenoxy) is 4. The van der Waals surface area contributed by atoms with Crippen LogP contribution in [-0.4, -0.2) is 39.3 Å². The number of carbonyl (C=O) groups is 2. The van der Waals surface area contributed by atoms with Crippen LogP contribution >= 0.6 is 0 Å². The number of benzene rings is 2. The molecule has 0 heterocycles. The average molecular weight is 359 g/mol. The van der Waals surface area contributed by atoms with Gasteiger partial charge in [0.05, 0.1) is 26.4 Å². The summed E-state index contributed by atoms with van der Waals surface area (Å²) in [5.41, 5.74) is 0.845. The molecule has 1 N–H and O–H groups in total. The third-order valence-corrected chi connectivity index (χ3v) is 3.40. The lowest BCUT2D eigenvalue weighted by Crippen LogP contribution is -2.20. The predicted molar refractivity (Wildman–Crippen MR) is 96.1 cm³/mol. The quantitative estimate of drug-likeness (QED) is 0.730. The lowest BCUT2D eigenvalue weighted by atomic mass is 10.2. The van der Waals surface area contributed by atoms with Crippen molar-refractivity contribution in [1.82, 2.24) is 0 Å². The summed E-state index contributed by atoms with van der Waals surface area (Å²) in [6, 6.07) is 11.5. The van der Waals surface area contributed by atoms with Gasteiger partial charge in [-0.3, -0.25) is 4.79 Å². The minimum atomic E-state index is -0.632. The Labute approximate surface area is 151 Å². The van der Waals surface area contributed by atoms with E-state index in [1.807, 2.05) is 6.92 Å². The van der Waals surface area contributed by atoms with Crippen molar-refractivity contribution in [2.75, 3.05) is 32.8 Å². The molecule has 0 saturated heterocycles. The molecule has 2 rings (SSSR count). The standard InChI is InChI=1S/C19H21NO6/c1-4-25-15-8-6-14(7-9-15)20-18(21)12-26-19(22)13-5-10-16(23-2)17(11-13)24-3/h5-11H,4,12H2,1-3H3,(H,20,21). The Morgan fingerprint density at radius 3 is 2.27 bits per heavy atom. The highest BCUT2D eigenvalue weighted by Crippen LogP contribution is 2.27. The maximum absolute atomic E-state index is 12.1. The van der Waals surface area contributed by atoms with Gasteiger partial charge in [0, 0.05) is 5.69 Å². The van der Waals surface area contributed by atoms with E-state index in [2.05, 4.69) is 5.32 Å². The summed E-state index contributed by atoms with van der Waals surface area (Å²) in [5.74, 6) is 0.541. The van der Waals surface area contributed by atoms with Gasteiger partial charge in [0.25, 0.3) is 5.91 Å². The number of methoxy groups -OCH3 is 2. The van der Waals surface area contributed by atoms with Crippen LogP contribution in [0, 0.1) is 0 Å². The summed E-state index contributed by atoms with van der Waals surface area (Å²) >= 11 is 0. The highest BCUT2D eigenvalue weighted by molar-refractivity contribution is 5.95. The van der Waals surface area contributed by atoms with Gasteiger partial charge in [-0.05, 0) is 49.4 Å². The first-order valence-corrected chi connectivity index (χ1v) is 7.99. The van der Waals surface area contributed by atoms with Crippen molar-refractivity contribution in [3.05, 3.63) is 48.0 Å². The fraction of sp³-hybridized carbons (Fsp3) is 0.263. The minimum absolute atomic E-state index is 0.261. The second-order valence-electron chi connectivity index (χ2n) is 5.15. The molecule has 7 heteroatoms. The molecule has 26 heavy (non-hydrogen) atoms. The average Bonchev–Trinajstić information content (AvgIpc) is 2.67. The van der Waals surface area contributed by atoms with Crippen LogP contribution < -0.4 is 19.5 Å². The number of hydrogen-bond donors (Lipinski definition) is 1. The molecule has 7 nitrogen and oxygen atoms in total. The first-order valence-electron chi connectivity index (χ1n) is 7.99. The largest absolute Gasteiger partial charge is 0.494 e. The van der Waals surface area contributed by atoms with Gasteiger partial charge in [-0.15, -0.1) is 0 Å². The highest BCUT2D eigenvalue weighted by Gasteiger charge is 2.13. The van der Waals surface area contributed by atoms with Gasteiger partial charge in [0.2, 0.25) is 0 Å². The number of carbonyl (C=O) groups excluding carboxylic acids is 2. The van der Waals surface area contributed by atoms with Gasteiger partial charge in [-0.2, -0.15) is 0 Å². The van der Waals surface area contributed by atoms with Gasteiger partial charge < -0.3 is 24.3 Å². The summed E-state index contributed by atoms with van der Waals surface area (Å²) in [5, 5.41) is 2.64. The maximum Gasteiger partial charge on any atom is 0.338 e. The van der Waals surface area contributed by atoms with E-state index in [-0.39, 0.29) is 5.56 Å². The fourth-order valence-corrected chi connectivity index (χ4v) is 2.18. The Kier molecular flexibility index (Phi) is 6.84. The molecule has 0 saturated carbocycles. The van der Waals surface area contributed by atoms with E-state index in [9.17, 15) is 9.59 Å². The fourth-order valence-electron chi connectivity index (χ4n) is 2.18. The lowest BCUT2D eigenvalue weighted by molar-refractivity contribution is -0.119. The van der Waals surface area contributed by atoms with Gasteiger partial charge in [-0.1, -0.05) is 0 Å². The van der Waals surface area contributed by atoms with Crippen LogP contribution in [0.15, 0.2) is 42.5 Å². The smallest absolute Gasteiger partial charge is 0.338 e. The topological polar surface area (TPSA) is 83.1 Å². The van der Waals surface area contributed by atoms with Crippen LogP contribution in [0.25, 0.3) is 0 Å².